The van der Waals surface area contributed by atoms with E-state index in [-0.39, 0.29) is 11.4 Å². The standard InChI is InChI=1S/C18H16N2O3/c1-23-18(22)15-10-9-12-6-4-7-14(17(12)20-15)19-11-13-5-2-3-8-16(13)21/h2-10,19,21H,11H2,1H3. The van der Waals surface area contributed by atoms with E-state index in [2.05, 4.69) is 10.3 Å². The Labute approximate surface area is 133 Å². The number of benzene rings is 2. The molecular weight excluding hydrogens is 292 g/mol. The highest BCUT2D eigenvalue weighted by molar-refractivity contribution is 5.95. The Morgan fingerprint density at radius 1 is 1.13 bits per heavy atom. The Balaban J connectivity index is 1.93. The van der Waals surface area contributed by atoms with Crippen molar-refractivity contribution in [1.82, 2.24) is 4.98 Å². The fraction of sp³-hybridized carbons (Fsp3) is 0.111. The molecule has 0 aliphatic heterocycles. The number of anilines is 1. The quantitative estimate of drug-likeness (QED) is 0.723. The molecular formula is C18H16N2O3. The minimum absolute atomic E-state index is 0.239. The normalized spacial score (nSPS) is 10.5. The maximum absolute atomic E-state index is 11.7. The van der Waals surface area contributed by atoms with Gasteiger partial charge in [-0.2, -0.15) is 0 Å². The van der Waals surface area contributed by atoms with Gasteiger partial charge < -0.3 is 15.2 Å². The number of aromatic nitrogens is 1. The molecule has 0 atom stereocenters. The predicted octanol–water partition coefficient (Wildman–Crippen LogP) is 3.34. The molecule has 23 heavy (non-hydrogen) atoms. The number of para-hydroxylation sites is 2. The summed E-state index contributed by atoms with van der Waals surface area (Å²) in [5.41, 5.74) is 2.52. The summed E-state index contributed by atoms with van der Waals surface area (Å²) < 4.78 is 4.72. The maximum atomic E-state index is 11.7. The number of aromatic hydroxyl groups is 1. The van der Waals surface area contributed by atoms with Gasteiger partial charge in [-0.05, 0) is 18.2 Å². The van der Waals surface area contributed by atoms with E-state index in [1.165, 1.54) is 7.11 Å². The molecule has 0 bridgehead atoms. The number of nitrogens with one attached hydrogen (secondary N) is 1. The summed E-state index contributed by atoms with van der Waals surface area (Å²) in [5, 5.41) is 14.0. The average molecular weight is 308 g/mol. The van der Waals surface area contributed by atoms with E-state index in [1.54, 1.807) is 18.2 Å². The second kappa shape index (κ2) is 6.36. The molecule has 3 rings (SSSR count). The fourth-order valence-corrected chi connectivity index (χ4v) is 2.36. The molecule has 0 radical (unpaired) electrons. The highest BCUT2D eigenvalue weighted by Gasteiger charge is 2.10. The molecule has 5 nitrogen and oxygen atoms in total. The summed E-state index contributed by atoms with van der Waals surface area (Å²) in [6, 6.07) is 16.3. The van der Waals surface area contributed by atoms with Crippen LogP contribution in [-0.2, 0) is 11.3 Å². The van der Waals surface area contributed by atoms with Crippen LogP contribution in [0.15, 0.2) is 54.6 Å². The lowest BCUT2D eigenvalue weighted by atomic mass is 10.1. The van der Waals surface area contributed by atoms with Crippen LogP contribution in [0.25, 0.3) is 10.9 Å². The SMILES string of the molecule is COC(=O)c1ccc2cccc(NCc3ccccc3O)c2n1. The van der Waals surface area contributed by atoms with E-state index in [1.807, 2.05) is 36.4 Å². The van der Waals surface area contributed by atoms with Gasteiger partial charge in [0.05, 0.1) is 18.3 Å². The van der Waals surface area contributed by atoms with E-state index in [0.717, 1.165) is 16.6 Å². The molecule has 2 N–H and O–H groups in total. The van der Waals surface area contributed by atoms with Crippen molar-refractivity contribution in [3.63, 3.8) is 0 Å². The Kier molecular flexibility index (Phi) is 4.10. The highest BCUT2D eigenvalue weighted by atomic mass is 16.5. The number of carbonyl (C=O) groups excluding carboxylic acids is 1. The third kappa shape index (κ3) is 3.08. The van der Waals surface area contributed by atoms with E-state index in [9.17, 15) is 9.90 Å². The Hall–Kier alpha value is -3.08. The van der Waals surface area contributed by atoms with Gasteiger partial charge in [-0.25, -0.2) is 9.78 Å². The minimum Gasteiger partial charge on any atom is -0.508 e. The van der Waals surface area contributed by atoms with Crippen LogP contribution < -0.4 is 5.32 Å². The molecule has 0 spiro atoms. The van der Waals surface area contributed by atoms with E-state index in [0.29, 0.717) is 12.1 Å². The molecule has 0 aliphatic carbocycles. The molecule has 0 aliphatic rings. The first-order valence-corrected chi connectivity index (χ1v) is 7.18. The van der Waals surface area contributed by atoms with Gasteiger partial charge in [-0.3, -0.25) is 0 Å². The van der Waals surface area contributed by atoms with Crippen molar-refractivity contribution in [2.45, 2.75) is 6.54 Å². The lowest BCUT2D eigenvalue weighted by Crippen LogP contribution is -2.06. The molecule has 0 saturated carbocycles. The van der Waals surface area contributed by atoms with Gasteiger partial charge in [-0.1, -0.05) is 36.4 Å². The number of phenols is 1. The van der Waals surface area contributed by atoms with Crippen molar-refractivity contribution in [2.24, 2.45) is 0 Å². The number of ether oxygens (including phenoxy) is 1. The first-order chi connectivity index (χ1) is 11.2. The minimum atomic E-state index is -0.470. The van der Waals surface area contributed by atoms with Crippen LogP contribution in [0.4, 0.5) is 5.69 Å². The zero-order valence-electron chi connectivity index (χ0n) is 12.6. The Morgan fingerprint density at radius 3 is 2.74 bits per heavy atom. The van der Waals surface area contributed by atoms with Gasteiger partial charge in [0.15, 0.2) is 0 Å². The van der Waals surface area contributed by atoms with E-state index in [4.69, 9.17) is 4.74 Å². The van der Waals surface area contributed by atoms with Crippen LogP contribution in [-0.4, -0.2) is 23.2 Å². The lowest BCUT2D eigenvalue weighted by Gasteiger charge is -2.11. The van der Waals surface area contributed by atoms with E-state index >= 15 is 0 Å². The molecule has 1 aromatic heterocycles. The first kappa shape index (κ1) is 14.8. The molecule has 1 heterocycles. The summed E-state index contributed by atoms with van der Waals surface area (Å²) in [5.74, 6) is -0.231. The van der Waals surface area contributed by atoms with Crippen LogP contribution in [0, 0.1) is 0 Å². The number of carbonyl (C=O) groups is 1. The number of hydrogen-bond acceptors (Lipinski definition) is 5. The van der Waals surface area contributed by atoms with Crippen molar-refractivity contribution in [2.75, 3.05) is 12.4 Å². The molecule has 3 aromatic rings. The Bertz CT molecular complexity index is 862. The molecule has 0 saturated heterocycles. The molecule has 2 aromatic carbocycles. The van der Waals surface area contributed by atoms with Gasteiger partial charge in [0.2, 0.25) is 0 Å². The zero-order valence-corrected chi connectivity index (χ0v) is 12.6. The van der Waals surface area contributed by atoms with Crippen molar-refractivity contribution < 1.29 is 14.6 Å². The zero-order chi connectivity index (χ0) is 16.2. The lowest BCUT2D eigenvalue weighted by molar-refractivity contribution is 0.0594. The second-order valence-corrected chi connectivity index (χ2v) is 5.05. The van der Waals surface area contributed by atoms with Crippen molar-refractivity contribution in [3.05, 3.63) is 65.9 Å². The van der Waals surface area contributed by atoms with Crippen molar-refractivity contribution in [3.8, 4) is 5.75 Å². The van der Waals surface area contributed by atoms with Gasteiger partial charge in [0.1, 0.15) is 11.4 Å². The maximum Gasteiger partial charge on any atom is 0.356 e. The number of fused-ring (bicyclic) bond motifs is 1. The van der Waals surface area contributed by atoms with Crippen LogP contribution in [0.1, 0.15) is 16.1 Å². The number of phenolic OH excluding ortho intramolecular Hbond substituents is 1. The third-order valence-corrected chi connectivity index (χ3v) is 3.58. The third-order valence-electron chi connectivity index (χ3n) is 3.58. The van der Waals surface area contributed by atoms with Crippen LogP contribution in [0.5, 0.6) is 5.75 Å². The van der Waals surface area contributed by atoms with Gasteiger partial charge in [0, 0.05) is 17.5 Å². The van der Waals surface area contributed by atoms with Crippen LogP contribution >= 0.6 is 0 Å². The number of hydrogen-bond donors (Lipinski definition) is 2. The second-order valence-electron chi connectivity index (χ2n) is 5.05. The van der Waals surface area contributed by atoms with Gasteiger partial charge >= 0.3 is 5.97 Å². The summed E-state index contributed by atoms with van der Waals surface area (Å²) in [6.07, 6.45) is 0. The number of esters is 1. The average Bonchev–Trinajstić information content (AvgIpc) is 2.60. The Morgan fingerprint density at radius 2 is 1.96 bits per heavy atom. The summed E-state index contributed by atoms with van der Waals surface area (Å²) in [4.78, 5) is 16.0. The molecule has 0 fully saturated rings. The van der Waals surface area contributed by atoms with Crippen LogP contribution in [0.2, 0.25) is 0 Å². The summed E-state index contributed by atoms with van der Waals surface area (Å²) in [6.45, 7) is 0.454. The largest absolute Gasteiger partial charge is 0.508 e. The molecule has 0 amide bonds. The monoisotopic (exact) mass is 308 g/mol. The predicted molar refractivity (Wildman–Crippen MR) is 88.5 cm³/mol. The number of methoxy groups -OCH3 is 1. The molecule has 5 heteroatoms. The summed E-state index contributed by atoms with van der Waals surface area (Å²) >= 11 is 0. The summed E-state index contributed by atoms with van der Waals surface area (Å²) in [7, 11) is 1.33. The highest BCUT2D eigenvalue weighted by Crippen LogP contribution is 2.24. The van der Waals surface area contributed by atoms with Gasteiger partial charge in [-0.15, -0.1) is 0 Å². The number of rotatable bonds is 4. The van der Waals surface area contributed by atoms with Crippen LogP contribution in [0.3, 0.4) is 0 Å². The van der Waals surface area contributed by atoms with Crippen molar-refractivity contribution >= 4 is 22.6 Å². The topological polar surface area (TPSA) is 71.5 Å². The molecule has 116 valence electrons. The fourth-order valence-electron chi connectivity index (χ4n) is 2.36. The van der Waals surface area contributed by atoms with Crippen molar-refractivity contribution in [1.29, 1.82) is 0 Å². The molecule has 0 unspecified atom stereocenters. The smallest absolute Gasteiger partial charge is 0.356 e. The number of pyridine rings is 1. The first-order valence-electron chi connectivity index (χ1n) is 7.18. The van der Waals surface area contributed by atoms with E-state index < -0.39 is 5.97 Å². The number of nitrogens with zero attached hydrogens (tertiary/aromatic N) is 1. The van der Waals surface area contributed by atoms with Gasteiger partial charge in [0.25, 0.3) is 0 Å².